The number of benzene rings is 1. The van der Waals surface area contributed by atoms with Crippen LogP contribution in [0.25, 0.3) is 15.7 Å². The molecule has 2 N–H and O–H groups in total. The number of nitrogens with one attached hydrogen (secondary N) is 1. The summed E-state index contributed by atoms with van der Waals surface area (Å²) in [6.45, 7) is 4.31. The van der Waals surface area contributed by atoms with Gasteiger partial charge in [-0.1, -0.05) is 18.7 Å². The molecule has 3 heteroatoms. The molecule has 90 valence electrons. The fourth-order valence-electron chi connectivity index (χ4n) is 1.98. The lowest BCUT2D eigenvalue weighted by Crippen LogP contribution is -2.27. The zero-order valence-electron chi connectivity index (χ0n) is 9.94. The van der Waals surface area contributed by atoms with Crippen LogP contribution in [0.5, 0.6) is 0 Å². The standard InChI is InChI=1S/C14H17NOS/c1-10(13(15-2)5-7-16)12-4-3-11-6-8-17-14(11)9-12/h3-4,6,8-9,13,15-16H,1,5,7H2,2H3. The van der Waals surface area contributed by atoms with Crippen molar-refractivity contribution in [3.63, 3.8) is 0 Å². The molecule has 0 radical (unpaired) electrons. The molecule has 0 spiro atoms. The third-order valence-corrected chi connectivity index (χ3v) is 3.89. The van der Waals surface area contributed by atoms with Crippen molar-refractivity contribution in [1.82, 2.24) is 5.32 Å². The molecule has 0 aliphatic heterocycles. The Hall–Kier alpha value is -1.16. The van der Waals surface area contributed by atoms with Gasteiger partial charge in [0.25, 0.3) is 0 Å². The van der Waals surface area contributed by atoms with E-state index in [-0.39, 0.29) is 12.6 Å². The second-order valence-corrected chi connectivity index (χ2v) is 5.00. The van der Waals surface area contributed by atoms with Gasteiger partial charge in [-0.15, -0.1) is 11.3 Å². The molecule has 2 aromatic rings. The van der Waals surface area contributed by atoms with Crippen molar-refractivity contribution < 1.29 is 5.11 Å². The zero-order chi connectivity index (χ0) is 12.3. The van der Waals surface area contributed by atoms with Crippen LogP contribution in [0, 0.1) is 0 Å². The predicted octanol–water partition coefficient (Wildman–Crippen LogP) is 2.88. The van der Waals surface area contributed by atoms with Gasteiger partial charge in [0.05, 0.1) is 0 Å². The number of fused-ring (bicyclic) bond motifs is 1. The van der Waals surface area contributed by atoms with Crippen LogP contribution in [0.4, 0.5) is 0 Å². The van der Waals surface area contributed by atoms with Gasteiger partial charge in [0.15, 0.2) is 0 Å². The Bertz CT molecular complexity index is 518. The van der Waals surface area contributed by atoms with Crippen LogP contribution < -0.4 is 5.32 Å². The van der Waals surface area contributed by atoms with Gasteiger partial charge in [-0.25, -0.2) is 0 Å². The Labute approximate surface area is 106 Å². The van der Waals surface area contributed by atoms with Gasteiger partial charge < -0.3 is 10.4 Å². The fourth-order valence-corrected chi connectivity index (χ4v) is 2.81. The van der Waals surface area contributed by atoms with E-state index < -0.39 is 0 Å². The molecule has 1 unspecified atom stereocenters. The summed E-state index contributed by atoms with van der Waals surface area (Å²) in [5.74, 6) is 0. The third-order valence-electron chi connectivity index (χ3n) is 3.01. The first-order valence-corrected chi connectivity index (χ1v) is 6.58. The van der Waals surface area contributed by atoms with Crippen molar-refractivity contribution in [2.24, 2.45) is 0 Å². The molecule has 1 atom stereocenters. The largest absolute Gasteiger partial charge is 0.396 e. The smallest absolute Gasteiger partial charge is 0.0449 e. The molecule has 1 heterocycles. The van der Waals surface area contributed by atoms with Crippen molar-refractivity contribution in [3.8, 4) is 0 Å². The van der Waals surface area contributed by atoms with Gasteiger partial charge in [-0.2, -0.15) is 0 Å². The van der Waals surface area contributed by atoms with E-state index in [4.69, 9.17) is 5.11 Å². The molecule has 2 rings (SSSR count). The minimum atomic E-state index is 0.136. The highest BCUT2D eigenvalue weighted by Crippen LogP contribution is 2.26. The van der Waals surface area contributed by atoms with Gasteiger partial charge in [-0.05, 0) is 47.5 Å². The second kappa shape index (κ2) is 5.45. The Morgan fingerprint density at radius 3 is 3.00 bits per heavy atom. The van der Waals surface area contributed by atoms with Crippen LogP contribution in [-0.2, 0) is 0 Å². The number of likely N-dealkylation sites (N-methyl/N-ethyl adjacent to an activating group) is 1. The molecular weight excluding hydrogens is 230 g/mol. The van der Waals surface area contributed by atoms with E-state index in [1.165, 1.54) is 10.1 Å². The maximum absolute atomic E-state index is 9.02. The van der Waals surface area contributed by atoms with E-state index in [1.807, 2.05) is 7.05 Å². The van der Waals surface area contributed by atoms with Gasteiger partial charge in [0.2, 0.25) is 0 Å². The highest BCUT2D eigenvalue weighted by molar-refractivity contribution is 7.17. The lowest BCUT2D eigenvalue weighted by molar-refractivity contribution is 0.279. The topological polar surface area (TPSA) is 32.3 Å². The summed E-state index contributed by atoms with van der Waals surface area (Å²) in [6, 6.07) is 8.65. The summed E-state index contributed by atoms with van der Waals surface area (Å²) < 4.78 is 1.28. The van der Waals surface area contributed by atoms with Crippen molar-refractivity contribution in [2.75, 3.05) is 13.7 Å². The van der Waals surface area contributed by atoms with E-state index >= 15 is 0 Å². The van der Waals surface area contributed by atoms with Crippen molar-refractivity contribution in [2.45, 2.75) is 12.5 Å². The summed E-state index contributed by atoms with van der Waals surface area (Å²) in [5, 5.41) is 15.6. The van der Waals surface area contributed by atoms with Crippen LogP contribution in [0.2, 0.25) is 0 Å². The second-order valence-electron chi connectivity index (χ2n) is 4.05. The molecule has 1 aromatic carbocycles. The van der Waals surface area contributed by atoms with Crippen LogP contribution in [0.1, 0.15) is 12.0 Å². The maximum atomic E-state index is 9.02. The van der Waals surface area contributed by atoms with Crippen LogP contribution >= 0.6 is 11.3 Å². The Balaban J connectivity index is 2.28. The third kappa shape index (κ3) is 2.57. The number of hydrogen-bond donors (Lipinski definition) is 2. The normalized spacial score (nSPS) is 12.8. The van der Waals surface area contributed by atoms with E-state index in [0.717, 1.165) is 11.1 Å². The molecule has 0 bridgehead atoms. The number of thiophene rings is 1. The quantitative estimate of drug-likeness (QED) is 0.851. The molecule has 0 amide bonds. The maximum Gasteiger partial charge on any atom is 0.0449 e. The Kier molecular flexibility index (Phi) is 3.94. The lowest BCUT2D eigenvalue weighted by atomic mass is 9.97. The monoisotopic (exact) mass is 247 g/mol. The first-order valence-electron chi connectivity index (χ1n) is 5.71. The summed E-state index contributed by atoms with van der Waals surface area (Å²) in [4.78, 5) is 0. The minimum absolute atomic E-state index is 0.136. The molecule has 0 aliphatic rings. The average molecular weight is 247 g/mol. The zero-order valence-corrected chi connectivity index (χ0v) is 10.8. The molecule has 0 saturated carbocycles. The molecule has 2 nitrogen and oxygen atoms in total. The highest BCUT2D eigenvalue weighted by atomic mass is 32.1. The summed E-state index contributed by atoms with van der Waals surface area (Å²) >= 11 is 1.74. The summed E-state index contributed by atoms with van der Waals surface area (Å²) in [7, 11) is 1.90. The molecule has 0 saturated heterocycles. The van der Waals surface area contributed by atoms with Crippen LogP contribution in [-0.4, -0.2) is 24.8 Å². The molecular formula is C14H17NOS. The number of hydrogen-bond acceptors (Lipinski definition) is 3. The first kappa shape index (κ1) is 12.3. The number of rotatable bonds is 5. The molecule has 0 fully saturated rings. The van der Waals surface area contributed by atoms with E-state index in [2.05, 4.69) is 41.5 Å². The predicted molar refractivity (Wildman–Crippen MR) is 75.4 cm³/mol. The van der Waals surface area contributed by atoms with E-state index in [0.29, 0.717) is 6.42 Å². The number of aliphatic hydroxyl groups excluding tert-OH is 1. The highest BCUT2D eigenvalue weighted by Gasteiger charge is 2.12. The minimum Gasteiger partial charge on any atom is -0.396 e. The average Bonchev–Trinajstić information content (AvgIpc) is 2.82. The molecule has 1 aromatic heterocycles. The summed E-state index contributed by atoms with van der Waals surface area (Å²) in [5.41, 5.74) is 2.18. The SMILES string of the molecule is C=C(c1ccc2ccsc2c1)C(CCO)NC. The molecule has 0 aliphatic carbocycles. The van der Waals surface area contributed by atoms with E-state index in [9.17, 15) is 0 Å². The van der Waals surface area contributed by atoms with Gasteiger partial charge in [0.1, 0.15) is 0 Å². The van der Waals surface area contributed by atoms with Crippen LogP contribution in [0.3, 0.4) is 0 Å². The molecule has 17 heavy (non-hydrogen) atoms. The fraction of sp³-hybridized carbons (Fsp3) is 0.286. The number of aliphatic hydroxyl groups is 1. The van der Waals surface area contributed by atoms with Crippen molar-refractivity contribution >= 4 is 27.0 Å². The van der Waals surface area contributed by atoms with Crippen molar-refractivity contribution in [1.29, 1.82) is 0 Å². The Morgan fingerprint density at radius 2 is 2.29 bits per heavy atom. The summed E-state index contributed by atoms with van der Waals surface area (Å²) in [6.07, 6.45) is 0.692. The lowest BCUT2D eigenvalue weighted by Gasteiger charge is -2.18. The van der Waals surface area contributed by atoms with Gasteiger partial charge >= 0.3 is 0 Å². The van der Waals surface area contributed by atoms with Gasteiger partial charge in [0, 0.05) is 17.3 Å². The Morgan fingerprint density at radius 1 is 1.47 bits per heavy atom. The van der Waals surface area contributed by atoms with Crippen molar-refractivity contribution in [3.05, 3.63) is 41.8 Å². The van der Waals surface area contributed by atoms with Gasteiger partial charge in [-0.3, -0.25) is 0 Å². The first-order chi connectivity index (χ1) is 8.26. The van der Waals surface area contributed by atoms with Crippen LogP contribution in [0.15, 0.2) is 36.2 Å². The van der Waals surface area contributed by atoms with E-state index in [1.54, 1.807) is 11.3 Å².